The fraction of sp³-hybridized carbons (Fsp3) is 0.231. The van der Waals surface area contributed by atoms with Crippen molar-refractivity contribution in [3.63, 3.8) is 0 Å². The van der Waals surface area contributed by atoms with Crippen LogP contribution in [0, 0.1) is 10.1 Å². The minimum Gasteiger partial charge on any atom is -0.477 e. The lowest BCUT2D eigenvalue weighted by Gasteiger charge is -2.11. The largest absolute Gasteiger partial charge is 0.477 e. The van der Waals surface area contributed by atoms with Crippen molar-refractivity contribution in [2.75, 3.05) is 0 Å². The average Bonchev–Trinajstić information content (AvgIpc) is 3.22. The molecule has 0 bridgehead atoms. The van der Waals surface area contributed by atoms with Gasteiger partial charge in [-0.2, -0.15) is 0 Å². The van der Waals surface area contributed by atoms with E-state index in [-0.39, 0.29) is 17.1 Å². The van der Waals surface area contributed by atoms with Crippen molar-refractivity contribution in [1.29, 1.82) is 0 Å². The first-order valence-electron chi connectivity index (χ1n) is 6.06. The SMILES string of the molecule is O=C(O)c1cn(C2CC2)c2cccc([N+](=O)[O-])c2c1=O. The van der Waals surface area contributed by atoms with E-state index in [4.69, 9.17) is 5.11 Å². The molecule has 0 saturated heterocycles. The molecule has 1 saturated carbocycles. The number of hydrogen-bond acceptors (Lipinski definition) is 4. The van der Waals surface area contributed by atoms with E-state index in [0.717, 1.165) is 12.8 Å². The van der Waals surface area contributed by atoms with Gasteiger partial charge in [-0.3, -0.25) is 14.9 Å². The highest BCUT2D eigenvalue weighted by atomic mass is 16.6. The Morgan fingerprint density at radius 1 is 1.40 bits per heavy atom. The number of nitrogens with zero attached hydrogens (tertiary/aromatic N) is 2. The van der Waals surface area contributed by atoms with Crippen molar-refractivity contribution in [3.8, 4) is 0 Å². The molecule has 1 N–H and O–H groups in total. The smallest absolute Gasteiger partial charge is 0.341 e. The van der Waals surface area contributed by atoms with Crippen LogP contribution in [0.2, 0.25) is 0 Å². The first-order valence-corrected chi connectivity index (χ1v) is 6.06. The van der Waals surface area contributed by atoms with Gasteiger partial charge in [0.05, 0.1) is 10.4 Å². The molecule has 2 aromatic rings. The van der Waals surface area contributed by atoms with Crippen LogP contribution in [0.4, 0.5) is 5.69 Å². The van der Waals surface area contributed by atoms with E-state index in [9.17, 15) is 19.7 Å². The maximum Gasteiger partial charge on any atom is 0.341 e. The van der Waals surface area contributed by atoms with Crippen LogP contribution in [0.3, 0.4) is 0 Å². The number of nitro groups is 1. The van der Waals surface area contributed by atoms with Crippen molar-refractivity contribution >= 4 is 22.6 Å². The van der Waals surface area contributed by atoms with E-state index in [1.54, 1.807) is 10.6 Å². The maximum absolute atomic E-state index is 12.2. The summed E-state index contributed by atoms with van der Waals surface area (Å²) >= 11 is 0. The number of benzene rings is 1. The summed E-state index contributed by atoms with van der Waals surface area (Å²) in [5, 5.41) is 20.0. The number of rotatable bonds is 3. The Morgan fingerprint density at radius 2 is 2.10 bits per heavy atom. The number of carbonyl (C=O) groups is 1. The third-order valence-electron chi connectivity index (χ3n) is 3.41. The van der Waals surface area contributed by atoms with E-state index in [2.05, 4.69) is 0 Å². The van der Waals surface area contributed by atoms with Crippen LogP contribution in [0.5, 0.6) is 0 Å². The first kappa shape index (κ1) is 12.3. The van der Waals surface area contributed by atoms with Gasteiger partial charge < -0.3 is 9.67 Å². The fourth-order valence-electron chi connectivity index (χ4n) is 2.34. The molecule has 102 valence electrons. The maximum atomic E-state index is 12.2. The second-order valence-corrected chi connectivity index (χ2v) is 4.74. The zero-order valence-electron chi connectivity index (χ0n) is 10.3. The molecule has 0 unspecified atom stereocenters. The molecular formula is C13H10N2O5. The van der Waals surface area contributed by atoms with Crippen molar-refractivity contribution in [1.82, 2.24) is 4.57 Å². The Hall–Kier alpha value is -2.70. The summed E-state index contributed by atoms with van der Waals surface area (Å²) in [5.41, 5.74) is -1.18. The lowest BCUT2D eigenvalue weighted by Crippen LogP contribution is -2.19. The van der Waals surface area contributed by atoms with Gasteiger partial charge in [0.2, 0.25) is 5.43 Å². The van der Waals surface area contributed by atoms with Gasteiger partial charge in [0.25, 0.3) is 5.69 Å². The van der Waals surface area contributed by atoms with Gasteiger partial charge in [-0.05, 0) is 18.9 Å². The summed E-state index contributed by atoms with van der Waals surface area (Å²) in [5.74, 6) is -1.37. The molecule has 1 aliphatic rings. The predicted molar refractivity (Wildman–Crippen MR) is 70.1 cm³/mol. The Kier molecular flexibility index (Phi) is 2.56. The number of nitro benzene ring substituents is 1. The number of carboxylic acids is 1. The molecule has 1 aromatic carbocycles. The molecule has 1 heterocycles. The molecule has 20 heavy (non-hydrogen) atoms. The van der Waals surface area contributed by atoms with Gasteiger partial charge in [0.15, 0.2) is 0 Å². The van der Waals surface area contributed by atoms with E-state index in [0.29, 0.717) is 5.52 Å². The van der Waals surface area contributed by atoms with Gasteiger partial charge >= 0.3 is 5.97 Å². The van der Waals surface area contributed by atoms with Crippen molar-refractivity contribution in [2.24, 2.45) is 0 Å². The Morgan fingerprint density at radius 3 is 2.65 bits per heavy atom. The molecule has 0 spiro atoms. The second kappa shape index (κ2) is 4.16. The van der Waals surface area contributed by atoms with Gasteiger partial charge in [0, 0.05) is 18.3 Å². The molecule has 1 fully saturated rings. The number of pyridine rings is 1. The molecule has 7 heteroatoms. The van der Waals surface area contributed by atoms with Crippen LogP contribution in [-0.4, -0.2) is 20.6 Å². The van der Waals surface area contributed by atoms with E-state index < -0.39 is 21.9 Å². The highest BCUT2D eigenvalue weighted by molar-refractivity contribution is 5.96. The molecule has 0 aliphatic heterocycles. The molecule has 7 nitrogen and oxygen atoms in total. The number of non-ortho nitro benzene ring substituents is 1. The standard InChI is InChI=1S/C13H10N2O5/c16-12-8(13(17)18)6-14(7-4-5-7)9-2-1-3-10(11(9)12)15(19)20/h1-3,6-7H,4-5H2,(H,17,18). The van der Waals surface area contributed by atoms with Crippen LogP contribution >= 0.6 is 0 Å². The lowest BCUT2D eigenvalue weighted by molar-refractivity contribution is -0.383. The summed E-state index contributed by atoms with van der Waals surface area (Å²) < 4.78 is 1.66. The van der Waals surface area contributed by atoms with Crippen molar-refractivity contribution in [3.05, 3.63) is 50.3 Å². The topological polar surface area (TPSA) is 102 Å². The van der Waals surface area contributed by atoms with Crippen molar-refractivity contribution in [2.45, 2.75) is 18.9 Å². The van der Waals surface area contributed by atoms with E-state index >= 15 is 0 Å². The van der Waals surface area contributed by atoms with Crippen LogP contribution < -0.4 is 5.43 Å². The summed E-state index contributed by atoms with van der Waals surface area (Å²) in [6, 6.07) is 4.43. The van der Waals surface area contributed by atoms with Crippen LogP contribution in [0.25, 0.3) is 10.9 Å². The molecule has 1 aromatic heterocycles. The van der Waals surface area contributed by atoms with Crippen LogP contribution in [-0.2, 0) is 0 Å². The normalized spacial score (nSPS) is 14.4. The van der Waals surface area contributed by atoms with Crippen LogP contribution in [0.1, 0.15) is 29.2 Å². The van der Waals surface area contributed by atoms with Gasteiger partial charge in [-0.15, -0.1) is 0 Å². The third-order valence-corrected chi connectivity index (χ3v) is 3.41. The zero-order chi connectivity index (χ0) is 14.4. The van der Waals surface area contributed by atoms with Gasteiger partial charge in [-0.25, -0.2) is 4.79 Å². The molecular weight excluding hydrogens is 264 g/mol. The molecule has 0 amide bonds. The molecule has 1 aliphatic carbocycles. The van der Waals surface area contributed by atoms with Crippen LogP contribution in [0.15, 0.2) is 29.2 Å². The summed E-state index contributed by atoms with van der Waals surface area (Å²) in [6.45, 7) is 0. The van der Waals surface area contributed by atoms with Gasteiger partial charge in [-0.1, -0.05) is 6.07 Å². The van der Waals surface area contributed by atoms with Crippen molar-refractivity contribution < 1.29 is 14.8 Å². The number of fused-ring (bicyclic) bond motifs is 1. The highest BCUT2D eigenvalue weighted by Crippen LogP contribution is 2.37. The average molecular weight is 274 g/mol. The van der Waals surface area contributed by atoms with E-state index in [1.165, 1.54) is 18.3 Å². The number of aromatic carboxylic acids is 1. The lowest BCUT2D eigenvalue weighted by atomic mass is 10.1. The minimum absolute atomic E-state index is 0.109. The summed E-state index contributed by atoms with van der Waals surface area (Å²) in [7, 11) is 0. The van der Waals surface area contributed by atoms with E-state index in [1.807, 2.05) is 0 Å². The Labute approximate surface area is 112 Å². The minimum atomic E-state index is -1.37. The predicted octanol–water partition coefficient (Wildman–Crippen LogP) is 1.94. The molecule has 0 atom stereocenters. The number of aromatic nitrogens is 1. The fourth-order valence-corrected chi connectivity index (χ4v) is 2.34. The first-order chi connectivity index (χ1) is 9.50. The highest BCUT2D eigenvalue weighted by Gasteiger charge is 2.29. The quantitative estimate of drug-likeness (QED) is 0.680. The van der Waals surface area contributed by atoms with Gasteiger partial charge in [0.1, 0.15) is 10.9 Å². The summed E-state index contributed by atoms with van der Waals surface area (Å²) in [6.07, 6.45) is 3.04. The monoisotopic (exact) mass is 274 g/mol. The third kappa shape index (κ3) is 1.75. The molecule has 3 rings (SSSR count). The zero-order valence-corrected chi connectivity index (χ0v) is 10.3. The Balaban J connectivity index is 2.49. The number of carboxylic acid groups (broad SMARTS) is 1. The Bertz CT molecular complexity index is 804. The summed E-state index contributed by atoms with van der Waals surface area (Å²) in [4.78, 5) is 33.7. The molecule has 0 radical (unpaired) electrons. The number of hydrogen-bond donors (Lipinski definition) is 1. The second-order valence-electron chi connectivity index (χ2n) is 4.74.